The Labute approximate surface area is 177 Å². The van der Waals surface area contributed by atoms with E-state index in [1.165, 1.54) is 5.56 Å². The summed E-state index contributed by atoms with van der Waals surface area (Å²) in [6, 6.07) is 10.2. The Hall–Kier alpha value is -1.47. The van der Waals surface area contributed by atoms with E-state index in [1.807, 2.05) is 31.4 Å². The first-order chi connectivity index (χ1) is 13.5. The normalized spacial score (nSPS) is 13.0. The molecule has 28 heavy (non-hydrogen) atoms. The highest BCUT2D eigenvalue weighted by Gasteiger charge is 2.17. The van der Waals surface area contributed by atoms with E-state index in [-0.39, 0.29) is 12.2 Å². The van der Waals surface area contributed by atoms with Crippen molar-refractivity contribution in [1.82, 2.24) is 9.97 Å². The van der Waals surface area contributed by atoms with Crippen LogP contribution in [0.15, 0.2) is 47.1 Å². The summed E-state index contributed by atoms with van der Waals surface area (Å²) in [4.78, 5) is 10.1. The molecule has 2 unspecified atom stereocenters. The molecule has 0 amide bonds. The first-order valence-electron chi connectivity index (χ1n) is 9.51. The first kappa shape index (κ1) is 22.8. The molecule has 0 aliphatic carbocycles. The molecule has 0 radical (unpaired) electrons. The smallest absolute Gasteiger partial charge is 0.117 e. The van der Waals surface area contributed by atoms with Crippen LogP contribution in [0.1, 0.15) is 48.1 Å². The zero-order chi connectivity index (χ0) is 20.4. The molecule has 1 heterocycles. The number of benzene rings is 1. The van der Waals surface area contributed by atoms with Crippen LogP contribution in [-0.4, -0.2) is 28.9 Å². The van der Waals surface area contributed by atoms with Gasteiger partial charge in [-0.05, 0) is 50.0 Å². The van der Waals surface area contributed by atoms with Gasteiger partial charge in [-0.2, -0.15) is 0 Å². The van der Waals surface area contributed by atoms with Crippen molar-refractivity contribution in [1.29, 1.82) is 0 Å². The largest absolute Gasteiger partial charge is 0.374 e. The van der Waals surface area contributed by atoms with Gasteiger partial charge >= 0.3 is 0 Å². The van der Waals surface area contributed by atoms with Crippen LogP contribution in [0.25, 0.3) is 0 Å². The second-order valence-corrected chi connectivity index (χ2v) is 8.30. The van der Waals surface area contributed by atoms with Crippen LogP contribution >= 0.6 is 23.1 Å². The Morgan fingerprint density at radius 1 is 1.14 bits per heavy atom. The average Bonchev–Trinajstić information content (AvgIpc) is 2.77. The lowest BCUT2D eigenvalue weighted by atomic mass is 10.2. The molecule has 0 saturated heterocycles. The van der Waals surface area contributed by atoms with Crippen molar-refractivity contribution in [2.24, 2.45) is 0 Å². The maximum absolute atomic E-state index is 6.32. The summed E-state index contributed by atoms with van der Waals surface area (Å²) in [6.45, 7) is 9.45. The maximum atomic E-state index is 6.32. The van der Waals surface area contributed by atoms with Crippen molar-refractivity contribution >= 4 is 23.1 Å². The molecule has 4 nitrogen and oxygen atoms in total. The molecular formula is C22H30N2O2S2. The SMILES string of the molecule is CCC(OC(C)COCc1ccccc1)c1scc(C)c(SC)ncnc1C. The van der Waals surface area contributed by atoms with E-state index < -0.39 is 0 Å². The average molecular weight is 419 g/mol. The van der Waals surface area contributed by atoms with Crippen LogP contribution in [0.3, 0.4) is 0 Å². The van der Waals surface area contributed by atoms with Gasteiger partial charge < -0.3 is 9.47 Å². The van der Waals surface area contributed by atoms with Crippen LogP contribution in [-0.2, 0) is 16.1 Å². The van der Waals surface area contributed by atoms with E-state index in [2.05, 4.69) is 48.3 Å². The molecule has 2 aromatic rings. The molecule has 6 heteroatoms. The lowest BCUT2D eigenvalue weighted by molar-refractivity contribution is -0.0535. The number of nitrogens with zero attached hydrogens (tertiary/aromatic N) is 2. The molecule has 0 bridgehead atoms. The van der Waals surface area contributed by atoms with Gasteiger partial charge in [-0.15, -0.1) is 23.1 Å². The highest BCUT2D eigenvalue weighted by Crippen LogP contribution is 2.28. The number of aromatic nitrogens is 2. The zero-order valence-electron chi connectivity index (χ0n) is 17.3. The summed E-state index contributed by atoms with van der Waals surface area (Å²) in [7, 11) is 0. The van der Waals surface area contributed by atoms with E-state index in [4.69, 9.17) is 9.47 Å². The topological polar surface area (TPSA) is 44.2 Å². The molecule has 2 rings (SSSR count). The van der Waals surface area contributed by atoms with Gasteiger partial charge in [-0.25, -0.2) is 9.97 Å². The summed E-state index contributed by atoms with van der Waals surface area (Å²) in [6.07, 6.45) is 4.53. The summed E-state index contributed by atoms with van der Waals surface area (Å²) in [5.74, 6) is 0. The predicted molar refractivity (Wildman–Crippen MR) is 118 cm³/mol. The van der Waals surface area contributed by atoms with E-state index in [1.54, 1.807) is 29.4 Å². The molecular weight excluding hydrogens is 388 g/mol. The molecule has 0 saturated carbocycles. The van der Waals surface area contributed by atoms with Crippen LogP contribution < -0.4 is 0 Å². The van der Waals surface area contributed by atoms with Crippen molar-refractivity contribution in [2.75, 3.05) is 12.9 Å². The summed E-state index contributed by atoms with van der Waals surface area (Å²) < 4.78 is 12.2. The van der Waals surface area contributed by atoms with E-state index in [0.29, 0.717) is 13.2 Å². The molecule has 0 fully saturated rings. The minimum Gasteiger partial charge on any atom is -0.374 e. The second-order valence-electron chi connectivity index (χ2n) is 6.60. The molecule has 152 valence electrons. The third-order valence-electron chi connectivity index (χ3n) is 4.20. The van der Waals surface area contributed by atoms with Crippen LogP contribution in [0.5, 0.6) is 0 Å². The number of rotatable bonds is 9. The lowest BCUT2D eigenvalue weighted by Crippen LogP contribution is -2.19. The zero-order valence-corrected chi connectivity index (χ0v) is 19.0. The fraction of sp³-hybridized carbons (Fsp3) is 0.455. The van der Waals surface area contributed by atoms with Gasteiger partial charge in [0.1, 0.15) is 11.4 Å². The van der Waals surface area contributed by atoms with Gasteiger partial charge in [-0.3, -0.25) is 0 Å². The van der Waals surface area contributed by atoms with E-state index in [9.17, 15) is 0 Å². The van der Waals surface area contributed by atoms with E-state index >= 15 is 0 Å². The number of hydrogen-bond donors (Lipinski definition) is 0. The minimum atomic E-state index is -0.0163. The molecule has 0 aliphatic rings. The summed E-state index contributed by atoms with van der Waals surface area (Å²) >= 11 is 3.32. The molecule has 1 aromatic carbocycles. The fourth-order valence-electron chi connectivity index (χ4n) is 2.72. The number of hydrogen-bond acceptors (Lipinski definition) is 6. The standard InChI is InChI=1S/C22H30N2O2S2/c1-6-20(26-17(3)12-25-13-19-10-8-7-9-11-19)21-18(4)23-15-24-22(27-5)16(2)14-28-21/h7-11,14-15,17,20H,6,12-13H2,1-5H3. The van der Waals surface area contributed by atoms with Gasteiger partial charge in [0.2, 0.25) is 0 Å². The fourth-order valence-corrected chi connectivity index (χ4v) is 4.34. The van der Waals surface area contributed by atoms with Gasteiger partial charge in [0.25, 0.3) is 0 Å². The van der Waals surface area contributed by atoms with E-state index in [0.717, 1.165) is 27.6 Å². The van der Waals surface area contributed by atoms with Gasteiger partial charge in [0.05, 0.1) is 36.0 Å². The summed E-state index contributed by atoms with van der Waals surface area (Å²) in [5.41, 5.74) is 3.27. The third kappa shape index (κ3) is 7.17. The maximum Gasteiger partial charge on any atom is 0.117 e. The molecule has 1 aromatic heterocycles. The van der Waals surface area contributed by atoms with Crippen molar-refractivity contribution in [2.45, 2.75) is 58.0 Å². The summed E-state index contributed by atoms with van der Waals surface area (Å²) in [5, 5.41) is 3.13. The Balaban J connectivity index is 2.08. The number of thioether (sulfide) groups is 1. The van der Waals surface area contributed by atoms with Crippen LogP contribution in [0, 0.1) is 13.8 Å². The van der Waals surface area contributed by atoms with Crippen molar-refractivity contribution in [3.05, 3.63) is 63.7 Å². The number of aryl methyl sites for hydroxylation is 2. The first-order valence-corrected chi connectivity index (χ1v) is 11.6. The molecule has 0 spiro atoms. The highest BCUT2D eigenvalue weighted by atomic mass is 32.2. The van der Waals surface area contributed by atoms with Gasteiger partial charge in [0.15, 0.2) is 0 Å². The Bertz CT molecular complexity index is 779. The molecule has 0 aliphatic heterocycles. The lowest BCUT2D eigenvalue weighted by Gasteiger charge is -2.21. The Morgan fingerprint density at radius 2 is 1.89 bits per heavy atom. The number of ether oxygens (including phenoxy) is 2. The van der Waals surface area contributed by atoms with Crippen molar-refractivity contribution in [3.8, 4) is 0 Å². The second kappa shape index (κ2) is 12.2. The van der Waals surface area contributed by atoms with Crippen LogP contribution in [0.2, 0.25) is 0 Å². The van der Waals surface area contributed by atoms with Crippen LogP contribution in [0.4, 0.5) is 0 Å². The van der Waals surface area contributed by atoms with Gasteiger partial charge in [-0.1, -0.05) is 37.3 Å². The predicted octanol–water partition coefficient (Wildman–Crippen LogP) is 6.07. The van der Waals surface area contributed by atoms with Gasteiger partial charge in [0, 0.05) is 0 Å². The highest BCUT2D eigenvalue weighted by molar-refractivity contribution is 7.98. The monoisotopic (exact) mass is 418 g/mol. The van der Waals surface area contributed by atoms with Crippen molar-refractivity contribution < 1.29 is 9.47 Å². The molecule has 0 N–H and O–H groups in total. The van der Waals surface area contributed by atoms with Crippen molar-refractivity contribution in [3.63, 3.8) is 0 Å². The Morgan fingerprint density at radius 3 is 2.57 bits per heavy atom. The third-order valence-corrected chi connectivity index (χ3v) is 6.30. The quantitative estimate of drug-likeness (QED) is 0.462. The minimum absolute atomic E-state index is 0.00532. The molecule has 2 atom stereocenters. The Kier molecular flexibility index (Phi) is 9.92.